The third-order valence-corrected chi connectivity index (χ3v) is 2.65. The van der Waals surface area contributed by atoms with Gasteiger partial charge in [0.05, 0.1) is 13.0 Å². The van der Waals surface area contributed by atoms with Gasteiger partial charge in [0.25, 0.3) is 0 Å². The summed E-state index contributed by atoms with van der Waals surface area (Å²) in [7, 11) is 1.23. The molecule has 18 heavy (non-hydrogen) atoms. The van der Waals surface area contributed by atoms with Gasteiger partial charge in [-0.1, -0.05) is 6.07 Å². The summed E-state index contributed by atoms with van der Waals surface area (Å²) in [5.41, 5.74) is 0.353. The standard InChI is InChI=1S/C13H14F2O3/c1-18-13(17)10(4-2-3-7-16)9-5-6-11(14)12(15)8-9/h5-8,10H,2-4H2,1H3. The summed E-state index contributed by atoms with van der Waals surface area (Å²) < 4.78 is 30.6. The second-order valence-corrected chi connectivity index (χ2v) is 3.85. The lowest BCUT2D eigenvalue weighted by Gasteiger charge is -2.14. The van der Waals surface area contributed by atoms with Gasteiger partial charge in [-0.05, 0) is 30.5 Å². The minimum atomic E-state index is -1.00. The van der Waals surface area contributed by atoms with Gasteiger partial charge in [-0.25, -0.2) is 8.78 Å². The fraction of sp³-hybridized carbons (Fsp3) is 0.385. The molecular formula is C13H14F2O3. The van der Waals surface area contributed by atoms with Crippen LogP contribution in [0.2, 0.25) is 0 Å². The summed E-state index contributed by atoms with van der Waals surface area (Å²) in [6.07, 6.45) is 1.91. The van der Waals surface area contributed by atoms with E-state index in [1.165, 1.54) is 13.2 Å². The summed E-state index contributed by atoms with van der Waals surface area (Å²) in [4.78, 5) is 21.8. The SMILES string of the molecule is COC(=O)C(CCCC=O)c1ccc(F)c(F)c1. The van der Waals surface area contributed by atoms with Gasteiger partial charge < -0.3 is 9.53 Å². The van der Waals surface area contributed by atoms with Gasteiger partial charge in [0.2, 0.25) is 0 Å². The van der Waals surface area contributed by atoms with E-state index in [2.05, 4.69) is 4.74 Å². The molecule has 0 bridgehead atoms. The Morgan fingerprint density at radius 3 is 2.67 bits per heavy atom. The average Bonchev–Trinajstić information content (AvgIpc) is 2.37. The van der Waals surface area contributed by atoms with Crippen molar-refractivity contribution < 1.29 is 23.1 Å². The summed E-state index contributed by atoms with van der Waals surface area (Å²) in [5.74, 6) is -3.16. The zero-order valence-corrected chi connectivity index (χ0v) is 9.99. The highest BCUT2D eigenvalue weighted by Crippen LogP contribution is 2.24. The Labute approximate surface area is 104 Å². The Kier molecular flexibility index (Phi) is 5.42. The molecule has 0 aliphatic carbocycles. The first-order chi connectivity index (χ1) is 8.60. The molecule has 0 spiro atoms. The number of rotatable bonds is 6. The largest absolute Gasteiger partial charge is 0.469 e. The van der Waals surface area contributed by atoms with Crippen molar-refractivity contribution in [3.8, 4) is 0 Å². The maximum atomic E-state index is 13.1. The summed E-state index contributed by atoms with van der Waals surface area (Å²) in [6, 6.07) is 3.30. The Morgan fingerprint density at radius 1 is 1.39 bits per heavy atom. The fourth-order valence-electron chi connectivity index (χ4n) is 1.70. The summed E-state index contributed by atoms with van der Waals surface area (Å²) in [6.45, 7) is 0. The molecule has 0 aliphatic heterocycles. The smallest absolute Gasteiger partial charge is 0.313 e. The molecule has 0 aromatic heterocycles. The molecule has 3 nitrogen and oxygen atoms in total. The molecule has 98 valence electrons. The molecule has 5 heteroatoms. The molecule has 0 heterocycles. The molecule has 1 unspecified atom stereocenters. The van der Waals surface area contributed by atoms with E-state index in [1.807, 2.05) is 0 Å². The number of carbonyl (C=O) groups is 2. The fourth-order valence-corrected chi connectivity index (χ4v) is 1.70. The van der Waals surface area contributed by atoms with E-state index in [0.717, 1.165) is 18.4 Å². The van der Waals surface area contributed by atoms with Crippen LogP contribution in [0.3, 0.4) is 0 Å². The lowest BCUT2D eigenvalue weighted by Crippen LogP contribution is -2.15. The molecule has 1 atom stereocenters. The van der Waals surface area contributed by atoms with Gasteiger partial charge in [0.15, 0.2) is 11.6 Å². The minimum Gasteiger partial charge on any atom is -0.469 e. The first-order valence-corrected chi connectivity index (χ1v) is 5.56. The first-order valence-electron chi connectivity index (χ1n) is 5.56. The number of esters is 1. The molecule has 1 aromatic rings. The Hall–Kier alpha value is -1.78. The number of unbranched alkanes of at least 4 members (excludes halogenated alkanes) is 1. The number of aldehydes is 1. The normalized spacial score (nSPS) is 11.9. The van der Waals surface area contributed by atoms with E-state index < -0.39 is 23.5 Å². The van der Waals surface area contributed by atoms with Crippen molar-refractivity contribution in [3.05, 3.63) is 35.4 Å². The van der Waals surface area contributed by atoms with Crippen LogP contribution >= 0.6 is 0 Å². The number of methoxy groups -OCH3 is 1. The van der Waals surface area contributed by atoms with Crippen molar-refractivity contribution in [3.63, 3.8) is 0 Å². The van der Waals surface area contributed by atoms with E-state index in [4.69, 9.17) is 0 Å². The number of benzene rings is 1. The predicted molar refractivity (Wildman–Crippen MR) is 61.0 cm³/mol. The molecule has 0 saturated heterocycles. The summed E-state index contributed by atoms with van der Waals surface area (Å²) in [5, 5.41) is 0. The Balaban J connectivity index is 2.90. The second-order valence-electron chi connectivity index (χ2n) is 3.85. The average molecular weight is 256 g/mol. The van der Waals surface area contributed by atoms with Gasteiger partial charge >= 0.3 is 5.97 Å². The van der Waals surface area contributed by atoms with E-state index in [0.29, 0.717) is 24.8 Å². The van der Waals surface area contributed by atoms with Crippen molar-refractivity contribution in [1.82, 2.24) is 0 Å². The van der Waals surface area contributed by atoms with Crippen LogP contribution in [0.5, 0.6) is 0 Å². The highest BCUT2D eigenvalue weighted by Gasteiger charge is 2.22. The van der Waals surface area contributed by atoms with Gasteiger partial charge in [-0.2, -0.15) is 0 Å². The molecule has 0 N–H and O–H groups in total. The van der Waals surface area contributed by atoms with Crippen LogP contribution < -0.4 is 0 Å². The first kappa shape index (κ1) is 14.3. The predicted octanol–water partition coefficient (Wildman–Crippen LogP) is 2.59. The van der Waals surface area contributed by atoms with Crippen LogP contribution in [-0.4, -0.2) is 19.4 Å². The van der Waals surface area contributed by atoms with Gasteiger partial charge in [0.1, 0.15) is 6.29 Å². The number of hydrogen-bond acceptors (Lipinski definition) is 3. The van der Waals surface area contributed by atoms with E-state index in [-0.39, 0.29) is 0 Å². The molecule has 1 rings (SSSR count). The number of halogens is 2. The van der Waals surface area contributed by atoms with Crippen molar-refractivity contribution >= 4 is 12.3 Å². The molecule has 0 aliphatic rings. The molecule has 0 saturated carbocycles. The van der Waals surface area contributed by atoms with Crippen LogP contribution in [0.15, 0.2) is 18.2 Å². The van der Waals surface area contributed by atoms with Crippen LogP contribution in [-0.2, 0) is 14.3 Å². The summed E-state index contributed by atoms with van der Waals surface area (Å²) >= 11 is 0. The quantitative estimate of drug-likeness (QED) is 0.446. The van der Waals surface area contributed by atoms with Gasteiger partial charge in [-0.15, -0.1) is 0 Å². The maximum Gasteiger partial charge on any atom is 0.313 e. The molecule has 0 fully saturated rings. The van der Waals surface area contributed by atoms with E-state index in [9.17, 15) is 18.4 Å². The van der Waals surface area contributed by atoms with Crippen molar-refractivity contribution in [1.29, 1.82) is 0 Å². The van der Waals surface area contributed by atoms with Crippen molar-refractivity contribution in [2.45, 2.75) is 25.2 Å². The Morgan fingerprint density at radius 2 is 2.11 bits per heavy atom. The third-order valence-electron chi connectivity index (χ3n) is 2.65. The van der Waals surface area contributed by atoms with Crippen molar-refractivity contribution in [2.75, 3.05) is 7.11 Å². The van der Waals surface area contributed by atoms with E-state index in [1.54, 1.807) is 0 Å². The van der Waals surface area contributed by atoms with Gasteiger partial charge in [0, 0.05) is 6.42 Å². The van der Waals surface area contributed by atoms with Crippen LogP contribution in [0, 0.1) is 11.6 Å². The lowest BCUT2D eigenvalue weighted by atomic mass is 9.93. The third kappa shape index (κ3) is 3.61. The van der Waals surface area contributed by atoms with Crippen LogP contribution in [0.25, 0.3) is 0 Å². The minimum absolute atomic E-state index is 0.317. The number of ether oxygens (including phenoxy) is 1. The number of hydrogen-bond donors (Lipinski definition) is 0. The molecule has 0 amide bonds. The number of carbonyl (C=O) groups excluding carboxylic acids is 2. The molecule has 0 radical (unpaired) electrons. The van der Waals surface area contributed by atoms with Crippen molar-refractivity contribution in [2.24, 2.45) is 0 Å². The zero-order valence-electron chi connectivity index (χ0n) is 9.99. The second kappa shape index (κ2) is 6.83. The lowest BCUT2D eigenvalue weighted by molar-refractivity contribution is -0.142. The molecular weight excluding hydrogens is 242 g/mol. The monoisotopic (exact) mass is 256 g/mol. The van der Waals surface area contributed by atoms with Gasteiger partial charge in [-0.3, -0.25) is 4.79 Å². The van der Waals surface area contributed by atoms with Crippen LogP contribution in [0.1, 0.15) is 30.7 Å². The highest BCUT2D eigenvalue weighted by atomic mass is 19.2. The van der Waals surface area contributed by atoms with Crippen LogP contribution in [0.4, 0.5) is 8.78 Å². The highest BCUT2D eigenvalue weighted by molar-refractivity contribution is 5.78. The maximum absolute atomic E-state index is 13.1. The zero-order chi connectivity index (χ0) is 13.5. The Bertz CT molecular complexity index is 432. The molecule has 1 aromatic carbocycles. The topological polar surface area (TPSA) is 43.4 Å². The van der Waals surface area contributed by atoms with E-state index >= 15 is 0 Å².